The molecule has 1 aromatic heterocycles. The second kappa shape index (κ2) is 6.01. The zero-order valence-corrected chi connectivity index (χ0v) is 14.2. The van der Waals surface area contributed by atoms with Crippen molar-refractivity contribution in [1.29, 1.82) is 0 Å². The van der Waals surface area contributed by atoms with E-state index in [1.54, 1.807) is 0 Å². The molecule has 0 spiro atoms. The molecule has 1 heterocycles. The standard InChI is InChI=1S/C20H27N/c1-7-15(3)18-12-14(2)8-9-17(18)19-13-16(10-11-21-19)20(4,5)6/h8-13,15H,7H2,1-6H3/t15-/m0/s1. The van der Waals surface area contributed by atoms with Crippen LogP contribution in [-0.2, 0) is 5.41 Å². The van der Waals surface area contributed by atoms with Gasteiger partial charge in [0.1, 0.15) is 0 Å². The molecule has 1 atom stereocenters. The molecule has 0 amide bonds. The largest absolute Gasteiger partial charge is 0.256 e. The summed E-state index contributed by atoms with van der Waals surface area (Å²) in [5, 5.41) is 0. The number of rotatable bonds is 3. The normalized spacial score (nSPS) is 13.2. The van der Waals surface area contributed by atoms with E-state index in [1.165, 1.54) is 22.3 Å². The van der Waals surface area contributed by atoms with E-state index in [9.17, 15) is 0 Å². The van der Waals surface area contributed by atoms with Crippen molar-refractivity contribution in [3.8, 4) is 11.3 Å². The molecule has 0 fully saturated rings. The number of aromatic nitrogens is 1. The maximum absolute atomic E-state index is 4.63. The fraction of sp³-hybridized carbons (Fsp3) is 0.450. The Morgan fingerprint density at radius 2 is 1.81 bits per heavy atom. The molecule has 0 saturated heterocycles. The minimum Gasteiger partial charge on any atom is -0.256 e. The number of nitrogens with zero attached hydrogens (tertiary/aromatic N) is 1. The Labute approximate surface area is 129 Å². The summed E-state index contributed by atoms with van der Waals surface area (Å²) in [6.45, 7) is 13.4. The third kappa shape index (κ3) is 3.53. The summed E-state index contributed by atoms with van der Waals surface area (Å²) in [7, 11) is 0. The lowest BCUT2D eigenvalue weighted by Crippen LogP contribution is -2.11. The highest BCUT2D eigenvalue weighted by atomic mass is 14.7. The maximum Gasteiger partial charge on any atom is 0.0707 e. The quantitative estimate of drug-likeness (QED) is 0.685. The average Bonchev–Trinajstić information content (AvgIpc) is 2.45. The van der Waals surface area contributed by atoms with Crippen LogP contribution in [0.5, 0.6) is 0 Å². The molecule has 0 N–H and O–H groups in total. The molecule has 0 bridgehead atoms. The molecule has 1 heteroatoms. The van der Waals surface area contributed by atoms with Gasteiger partial charge in [0.15, 0.2) is 0 Å². The fourth-order valence-corrected chi connectivity index (χ4v) is 2.59. The summed E-state index contributed by atoms with van der Waals surface area (Å²) in [4.78, 5) is 4.63. The first-order valence-corrected chi connectivity index (χ1v) is 7.90. The number of pyridine rings is 1. The SMILES string of the molecule is CC[C@H](C)c1cc(C)ccc1-c1cc(C(C)(C)C)ccn1. The van der Waals surface area contributed by atoms with Gasteiger partial charge in [0.05, 0.1) is 5.69 Å². The highest BCUT2D eigenvalue weighted by Gasteiger charge is 2.17. The van der Waals surface area contributed by atoms with E-state index in [4.69, 9.17) is 0 Å². The van der Waals surface area contributed by atoms with Crippen molar-refractivity contribution < 1.29 is 0 Å². The predicted molar refractivity (Wildman–Crippen MR) is 91.8 cm³/mol. The molecular formula is C20H27N. The van der Waals surface area contributed by atoms with Crippen LogP contribution in [0.4, 0.5) is 0 Å². The van der Waals surface area contributed by atoms with Gasteiger partial charge >= 0.3 is 0 Å². The Morgan fingerprint density at radius 1 is 1.10 bits per heavy atom. The molecule has 0 aliphatic heterocycles. The van der Waals surface area contributed by atoms with Crippen molar-refractivity contribution in [1.82, 2.24) is 4.98 Å². The molecule has 1 aromatic carbocycles. The molecule has 2 rings (SSSR count). The molecule has 0 radical (unpaired) electrons. The van der Waals surface area contributed by atoms with Crippen molar-refractivity contribution in [2.45, 2.75) is 59.3 Å². The maximum atomic E-state index is 4.63. The van der Waals surface area contributed by atoms with Gasteiger partial charge < -0.3 is 0 Å². The second-order valence-electron chi connectivity index (χ2n) is 7.08. The Morgan fingerprint density at radius 3 is 2.43 bits per heavy atom. The topological polar surface area (TPSA) is 12.9 Å². The van der Waals surface area contributed by atoms with Gasteiger partial charge in [-0.25, -0.2) is 0 Å². The molecule has 0 unspecified atom stereocenters. The van der Waals surface area contributed by atoms with Crippen LogP contribution in [0.15, 0.2) is 36.5 Å². The van der Waals surface area contributed by atoms with Crippen LogP contribution in [0.3, 0.4) is 0 Å². The number of aryl methyl sites for hydroxylation is 1. The predicted octanol–water partition coefficient (Wildman–Crippen LogP) is 5.87. The van der Waals surface area contributed by atoms with E-state index in [2.05, 4.69) is 76.9 Å². The fourth-order valence-electron chi connectivity index (χ4n) is 2.59. The summed E-state index contributed by atoms with van der Waals surface area (Å²) in [6, 6.07) is 11.1. The van der Waals surface area contributed by atoms with Gasteiger partial charge in [-0.05, 0) is 47.9 Å². The van der Waals surface area contributed by atoms with Gasteiger partial charge in [-0.2, -0.15) is 0 Å². The Kier molecular flexibility index (Phi) is 4.51. The zero-order chi connectivity index (χ0) is 15.6. The Hall–Kier alpha value is -1.63. The van der Waals surface area contributed by atoms with Gasteiger partial charge in [-0.1, -0.05) is 58.4 Å². The van der Waals surface area contributed by atoms with Crippen LogP contribution in [0.25, 0.3) is 11.3 Å². The van der Waals surface area contributed by atoms with Gasteiger partial charge in [0.25, 0.3) is 0 Å². The van der Waals surface area contributed by atoms with Crippen LogP contribution >= 0.6 is 0 Å². The highest BCUT2D eigenvalue weighted by Crippen LogP contribution is 2.32. The van der Waals surface area contributed by atoms with E-state index in [1.807, 2.05) is 6.20 Å². The van der Waals surface area contributed by atoms with Crippen LogP contribution in [0.2, 0.25) is 0 Å². The van der Waals surface area contributed by atoms with E-state index in [-0.39, 0.29) is 5.41 Å². The lowest BCUT2D eigenvalue weighted by molar-refractivity contribution is 0.589. The van der Waals surface area contributed by atoms with Crippen LogP contribution in [0.1, 0.15) is 63.6 Å². The van der Waals surface area contributed by atoms with Gasteiger partial charge in [0.2, 0.25) is 0 Å². The molecule has 112 valence electrons. The van der Waals surface area contributed by atoms with Crippen molar-refractivity contribution in [3.05, 3.63) is 53.2 Å². The Bertz CT molecular complexity index is 620. The third-order valence-corrected chi connectivity index (χ3v) is 4.25. The number of benzene rings is 1. The molecule has 0 aliphatic carbocycles. The lowest BCUT2D eigenvalue weighted by Gasteiger charge is -2.21. The first-order chi connectivity index (χ1) is 9.82. The monoisotopic (exact) mass is 281 g/mol. The number of hydrogen-bond donors (Lipinski definition) is 0. The molecule has 0 saturated carbocycles. The van der Waals surface area contributed by atoms with Crippen molar-refractivity contribution in [3.63, 3.8) is 0 Å². The summed E-state index contributed by atoms with van der Waals surface area (Å²) in [5.41, 5.74) is 6.60. The van der Waals surface area contributed by atoms with E-state index >= 15 is 0 Å². The first kappa shape index (κ1) is 15.8. The van der Waals surface area contributed by atoms with E-state index < -0.39 is 0 Å². The molecular weight excluding hydrogens is 254 g/mol. The molecule has 2 aromatic rings. The van der Waals surface area contributed by atoms with Crippen molar-refractivity contribution in [2.24, 2.45) is 0 Å². The van der Waals surface area contributed by atoms with Crippen LogP contribution in [-0.4, -0.2) is 4.98 Å². The van der Waals surface area contributed by atoms with Crippen molar-refractivity contribution in [2.75, 3.05) is 0 Å². The minimum atomic E-state index is 0.152. The lowest BCUT2D eigenvalue weighted by atomic mass is 9.85. The minimum absolute atomic E-state index is 0.152. The zero-order valence-electron chi connectivity index (χ0n) is 14.2. The third-order valence-electron chi connectivity index (χ3n) is 4.25. The van der Waals surface area contributed by atoms with E-state index in [0.29, 0.717) is 5.92 Å². The smallest absolute Gasteiger partial charge is 0.0707 e. The Balaban J connectivity index is 2.57. The molecule has 21 heavy (non-hydrogen) atoms. The molecule has 0 aliphatic rings. The van der Waals surface area contributed by atoms with Crippen molar-refractivity contribution >= 4 is 0 Å². The number of hydrogen-bond acceptors (Lipinski definition) is 1. The summed E-state index contributed by atoms with van der Waals surface area (Å²) < 4.78 is 0. The molecule has 1 nitrogen and oxygen atoms in total. The average molecular weight is 281 g/mol. The summed E-state index contributed by atoms with van der Waals surface area (Å²) >= 11 is 0. The van der Waals surface area contributed by atoms with Crippen LogP contribution < -0.4 is 0 Å². The first-order valence-electron chi connectivity index (χ1n) is 7.90. The summed E-state index contributed by atoms with van der Waals surface area (Å²) in [5.74, 6) is 0.556. The van der Waals surface area contributed by atoms with E-state index in [0.717, 1.165) is 12.1 Å². The summed E-state index contributed by atoms with van der Waals surface area (Å²) in [6.07, 6.45) is 3.09. The van der Waals surface area contributed by atoms with Gasteiger partial charge in [-0.3, -0.25) is 4.98 Å². The highest BCUT2D eigenvalue weighted by molar-refractivity contribution is 5.66. The van der Waals surface area contributed by atoms with Gasteiger partial charge in [0, 0.05) is 11.8 Å². The van der Waals surface area contributed by atoms with Gasteiger partial charge in [-0.15, -0.1) is 0 Å². The second-order valence-corrected chi connectivity index (χ2v) is 7.08. The van der Waals surface area contributed by atoms with Crippen LogP contribution in [0, 0.1) is 6.92 Å².